The molecule has 0 aliphatic carbocycles. The van der Waals surface area contributed by atoms with Crippen molar-refractivity contribution in [2.45, 2.75) is 33.0 Å². The van der Waals surface area contributed by atoms with Gasteiger partial charge in [0.2, 0.25) is 0 Å². The number of rotatable bonds is 8. The maximum atomic E-state index is 13.7. The number of carbonyl (C=O) groups is 2. The van der Waals surface area contributed by atoms with Crippen LogP contribution in [0.1, 0.15) is 39.7 Å². The normalized spacial score (nSPS) is 16.2. The molecule has 9 heteroatoms. The maximum Gasteiger partial charge on any atom is 0.295 e. The number of methoxy groups -OCH3 is 1. The van der Waals surface area contributed by atoms with Crippen LogP contribution in [0.4, 0.5) is 0 Å². The minimum absolute atomic E-state index is 0.0435. The molecule has 5 aromatic rings. The van der Waals surface area contributed by atoms with E-state index in [1.807, 2.05) is 73.0 Å². The second-order valence-electron chi connectivity index (χ2n) is 10.4. The lowest BCUT2D eigenvalue weighted by atomic mass is 9.95. The van der Waals surface area contributed by atoms with E-state index in [0.29, 0.717) is 35.0 Å². The molecule has 0 saturated carbocycles. The van der Waals surface area contributed by atoms with Crippen molar-refractivity contribution in [3.05, 3.63) is 131 Å². The fraction of sp³-hybridized carbons (Fsp3) is 0.176. The number of carbonyl (C=O) groups excluding carboxylic acids is 2. The summed E-state index contributed by atoms with van der Waals surface area (Å²) in [4.78, 5) is 37.5. The number of ketones is 1. The van der Waals surface area contributed by atoms with Gasteiger partial charge in [0.05, 0.1) is 24.4 Å². The summed E-state index contributed by atoms with van der Waals surface area (Å²) in [5, 5.41) is 11.7. The molecule has 4 heterocycles. The van der Waals surface area contributed by atoms with Gasteiger partial charge in [-0.2, -0.15) is 0 Å². The van der Waals surface area contributed by atoms with Crippen molar-refractivity contribution in [3.8, 4) is 11.5 Å². The van der Waals surface area contributed by atoms with Crippen LogP contribution < -0.4 is 9.47 Å². The van der Waals surface area contributed by atoms with Crippen molar-refractivity contribution in [2.75, 3.05) is 7.11 Å². The molecule has 1 amide bonds. The summed E-state index contributed by atoms with van der Waals surface area (Å²) < 4.78 is 13.6. The molecule has 3 aromatic heterocycles. The van der Waals surface area contributed by atoms with E-state index in [0.717, 1.165) is 16.7 Å². The predicted molar refractivity (Wildman–Crippen MR) is 161 cm³/mol. The Morgan fingerprint density at radius 3 is 2.47 bits per heavy atom. The molecule has 0 bridgehead atoms. The van der Waals surface area contributed by atoms with Crippen LogP contribution in [0.5, 0.6) is 11.5 Å². The minimum atomic E-state index is -0.914. The maximum absolute atomic E-state index is 13.7. The third-order valence-corrected chi connectivity index (χ3v) is 7.66. The highest BCUT2D eigenvalue weighted by atomic mass is 16.5. The van der Waals surface area contributed by atoms with Crippen LogP contribution in [-0.2, 0) is 22.7 Å². The number of hydrogen-bond donors (Lipinski definition) is 1. The molecule has 1 saturated heterocycles. The van der Waals surface area contributed by atoms with Crippen molar-refractivity contribution in [2.24, 2.45) is 0 Å². The zero-order valence-electron chi connectivity index (χ0n) is 24.0. The van der Waals surface area contributed by atoms with E-state index in [1.54, 1.807) is 36.7 Å². The first-order chi connectivity index (χ1) is 20.9. The number of likely N-dealkylation sites (tertiary alicyclic amines) is 1. The van der Waals surface area contributed by atoms with E-state index in [2.05, 4.69) is 9.97 Å². The molecule has 43 heavy (non-hydrogen) atoms. The largest absolute Gasteiger partial charge is 0.505 e. The fourth-order valence-corrected chi connectivity index (χ4v) is 5.46. The molecular weight excluding hydrogens is 544 g/mol. The van der Waals surface area contributed by atoms with Crippen LogP contribution in [0.25, 0.3) is 11.4 Å². The van der Waals surface area contributed by atoms with Crippen molar-refractivity contribution in [3.63, 3.8) is 0 Å². The number of pyridine rings is 2. The number of aliphatic hydroxyl groups is 1. The molecule has 2 aromatic carbocycles. The average Bonchev–Trinajstić information content (AvgIpc) is 3.50. The predicted octanol–water partition coefficient (Wildman–Crippen LogP) is 5.56. The first kappa shape index (κ1) is 27.7. The highest BCUT2D eigenvalue weighted by Crippen LogP contribution is 2.43. The van der Waals surface area contributed by atoms with Crippen LogP contribution in [0.2, 0.25) is 0 Å². The van der Waals surface area contributed by atoms with Gasteiger partial charge in [-0.1, -0.05) is 48.5 Å². The van der Waals surface area contributed by atoms with Gasteiger partial charge in [0, 0.05) is 25.1 Å². The summed E-state index contributed by atoms with van der Waals surface area (Å²) in [6.07, 6.45) is 5.13. The Bertz CT molecular complexity index is 1860. The second kappa shape index (κ2) is 11.4. The fourth-order valence-electron chi connectivity index (χ4n) is 5.46. The standard InChI is InChI=1S/C34H30N4O5/c1-21-9-8-16-37-22(2)29(36-33(21)37)31(39)28-30(38(34(41)32(28)40)19-24-12-7-15-35-18-24)25-13-14-26(27(17-25)42-3)43-20-23-10-5-4-6-11-23/h4-18,30,39H,19-20H2,1-3H3. The lowest BCUT2D eigenvalue weighted by Crippen LogP contribution is -2.29. The zero-order chi connectivity index (χ0) is 30.1. The average molecular weight is 575 g/mol. The van der Waals surface area contributed by atoms with Gasteiger partial charge in [0.1, 0.15) is 17.9 Å². The van der Waals surface area contributed by atoms with Crippen molar-refractivity contribution in [1.29, 1.82) is 0 Å². The number of fused-ring (bicyclic) bond motifs is 1. The van der Waals surface area contributed by atoms with Gasteiger partial charge in [-0.3, -0.25) is 14.6 Å². The Balaban J connectivity index is 1.47. The molecule has 1 atom stereocenters. The Kier molecular flexibility index (Phi) is 7.38. The highest BCUT2D eigenvalue weighted by molar-refractivity contribution is 6.46. The number of ether oxygens (including phenoxy) is 2. The number of imidazole rings is 1. The summed E-state index contributed by atoms with van der Waals surface area (Å²) in [6, 6.07) is 21.5. The number of benzene rings is 2. The van der Waals surface area contributed by atoms with Gasteiger partial charge in [-0.15, -0.1) is 0 Å². The second-order valence-corrected chi connectivity index (χ2v) is 10.4. The molecule has 0 radical (unpaired) electrons. The number of Topliss-reactive ketones (excluding diaryl/α,β-unsaturated/α-hetero) is 1. The minimum Gasteiger partial charge on any atom is -0.505 e. The first-order valence-electron chi connectivity index (χ1n) is 13.8. The molecule has 6 rings (SSSR count). The highest BCUT2D eigenvalue weighted by Gasteiger charge is 2.47. The van der Waals surface area contributed by atoms with Gasteiger partial charge < -0.3 is 23.9 Å². The molecule has 1 aliphatic heterocycles. The summed E-state index contributed by atoms with van der Waals surface area (Å²) in [5.41, 5.74) is 4.73. The summed E-state index contributed by atoms with van der Waals surface area (Å²) >= 11 is 0. The molecule has 1 N–H and O–H groups in total. The van der Waals surface area contributed by atoms with E-state index in [4.69, 9.17) is 9.47 Å². The van der Waals surface area contributed by atoms with E-state index >= 15 is 0 Å². The zero-order valence-corrected chi connectivity index (χ0v) is 24.0. The summed E-state index contributed by atoms with van der Waals surface area (Å²) in [6.45, 7) is 4.18. The van der Waals surface area contributed by atoms with E-state index < -0.39 is 17.7 Å². The quantitative estimate of drug-likeness (QED) is 0.147. The van der Waals surface area contributed by atoms with Crippen molar-refractivity contribution in [1.82, 2.24) is 19.3 Å². The van der Waals surface area contributed by atoms with Crippen molar-refractivity contribution < 1.29 is 24.2 Å². The Labute approximate surface area is 248 Å². The number of aromatic nitrogens is 3. The number of aliphatic hydroxyl groups excluding tert-OH is 1. The van der Waals surface area contributed by atoms with Crippen molar-refractivity contribution >= 4 is 23.1 Å². The lowest BCUT2D eigenvalue weighted by Gasteiger charge is -2.26. The van der Waals surface area contributed by atoms with Crippen LogP contribution in [0.15, 0.2) is 97.0 Å². The van der Waals surface area contributed by atoms with Gasteiger partial charge in [0.15, 0.2) is 17.3 Å². The molecule has 1 fully saturated rings. The number of aryl methyl sites for hydroxylation is 2. The monoisotopic (exact) mass is 574 g/mol. The van der Waals surface area contributed by atoms with E-state index in [-0.39, 0.29) is 23.6 Å². The smallest absolute Gasteiger partial charge is 0.295 e. The first-order valence-corrected chi connectivity index (χ1v) is 13.8. The van der Waals surface area contributed by atoms with Gasteiger partial charge in [-0.05, 0) is 60.4 Å². The van der Waals surface area contributed by atoms with E-state index in [9.17, 15) is 14.7 Å². The van der Waals surface area contributed by atoms with Crippen LogP contribution in [0.3, 0.4) is 0 Å². The van der Waals surface area contributed by atoms with Crippen LogP contribution >= 0.6 is 0 Å². The third-order valence-electron chi connectivity index (χ3n) is 7.66. The molecule has 0 spiro atoms. The van der Waals surface area contributed by atoms with E-state index in [1.165, 1.54) is 12.0 Å². The lowest BCUT2D eigenvalue weighted by molar-refractivity contribution is -0.140. The number of amides is 1. The molecule has 9 nitrogen and oxygen atoms in total. The topological polar surface area (TPSA) is 106 Å². The summed E-state index contributed by atoms with van der Waals surface area (Å²) in [7, 11) is 1.53. The van der Waals surface area contributed by atoms with Gasteiger partial charge >= 0.3 is 0 Å². The third kappa shape index (κ3) is 5.10. The molecule has 1 unspecified atom stereocenters. The Morgan fingerprint density at radius 2 is 1.74 bits per heavy atom. The molecular formula is C34H30N4O5. The Hall–Kier alpha value is -5.44. The number of nitrogens with zero attached hydrogens (tertiary/aromatic N) is 4. The Morgan fingerprint density at radius 1 is 0.953 bits per heavy atom. The van der Waals surface area contributed by atoms with Crippen LogP contribution in [0, 0.1) is 13.8 Å². The number of hydrogen-bond acceptors (Lipinski definition) is 7. The van der Waals surface area contributed by atoms with Gasteiger partial charge in [-0.25, -0.2) is 4.98 Å². The summed E-state index contributed by atoms with van der Waals surface area (Å²) in [5.74, 6) is -0.911. The molecule has 1 aliphatic rings. The SMILES string of the molecule is COc1cc(C2C(=C(O)c3nc4c(C)cccn4c3C)C(=O)C(=O)N2Cc2cccnc2)ccc1OCc1ccccc1. The molecule has 216 valence electrons. The van der Waals surface area contributed by atoms with Crippen LogP contribution in [-0.4, -0.2) is 43.2 Å². The van der Waals surface area contributed by atoms with Gasteiger partial charge in [0.25, 0.3) is 11.7 Å².